The third-order valence-corrected chi connectivity index (χ3v) is 4.26. The van der Waals surface area contributed by atoms with E-state index in [9.17, 15) is 28.3 Å². The van der Waals surface area contributed by atoms with Crippen LogP contribution in [0, 0.1) is 11.6 Å². The molecule has 0 saturated heterocycles. The second kappa shape index (κ2) is 10.3. The number of hydrogen-bond donors (Lipinski definition) is 3. The fourth-order valence-electron chi connectivity index (χ4n) is 2.79. The Labute approximate surface area is 184 Å². The van der Waals surface area contributed by atoms with Crippen molar-refractivity contribution in [1.29, 1.82) is 0 Å². The van der Waals surface area contributed by atoms with Gasteiger partial charge < -0.3 is 20.5 Å². The SMILES string of the molecule is C[C@H](NC(=O)[C@@H](O)c1cc(F)cc(F)c1)C(=O)N[C@H](C(=O)OC(C)(C)C)c1ccccc1. The van der Waals surface area contributed by atoms with Gasteiger partial charge >= 0.3 is 5.97 Å². The van der Waals surface area contributed by atoms with Crippen molar-refractivity contribution >= 4 is 17.8 Å². The number of aliphatic hydroxyl groups is 1. The summed E-state index contributed by atoms with van der Waals surface area (Å²) in [7, 11) is 0. The molecule has 2 aromatic rings. The van der Waals surface area contributed by atoms with Crippen LogP contribution in [0.3, 0.4) is 0 Å². The van der Waals surface area contributed by atoms with Crippen LogP contribution in [-0.2, 0) is 19.1 Å². The van der Waals surface area contributed by atoms with Crippen LogP contribution >= 0.6 is 0 Å². The molecule has 0 heterocycles. The number of rotatable bonds is 7. The minimum Gasteiger partial charge on any atom is -0.458 e. The summed E-state index contributed by atoms with van der Waals surface area (Å²) in [6.45, 7) is 6.40. The van der Waals surface area contributed by atoms with Crippen LogP contribution in [0.5, 0.6) is 0 Å². The van der Waals surface area contributed by atoms with Gasteiger partial charge in [-0.3, -0.25) is 9.59 Å². The van der Waals surface area contributed by atoms with E-state index in [1.165, 1.54) is 6.92 Å². The lowest BCUT2D eigenvalue weighted by Gasteiger charge is -2.26. The van der Waals surface area contributed by atoms with E-state index in [2.05, 4.69) is 10.6 Å². The second-order valence-corrected chi connectivity index (χ2v) is 8.22. The van der Waals surface area contributed by atoms with E-state index in [-0.39, 0.29) is 5.56 Å². The summed E-state index contributed by atoms with van der Waals surface area (Å²) in [6, 6.07) is 8.32. The Morgan fingerprint density at radius 1 is 0.906 bits per heavy atom. The molecule has 0 aliphatic carbocycles. The molecule has 0 radical (unpaired) electrons. The van der Waals surface area contributed by atoms with Crippen LogP contribution in [0.1, 0.15) is 51.0 Å². The van der Waals surface area contributed by atoms with Crippen LogP contribution in [0.15, 0.2) is 48.5 Å². The first-order valence-corrected chi connectivity index (χ1v) is 9.90. The molecule has 0 spiro atoms. The van der Waals surface area contributed by atoms with Crippen LogP contribution in [-0.4, -0.2) is 34.5 Å². The highest BCUT2D eigenvalue weighted by Gasteiger charge is 2.30. The summed E-state index contributed by atoms with van der Waals surface area (Å²) < 4.78 is 32.1. The van der Waals surface area contributed by atoms with Crippen molar-refractivity contribution in [3.8, 4) is 0 Å². The summed E-state index contributed by atoms with van der Waals surface area (Å²) >= 11 is 0. The molecule has 172 valence electrons. The van der Waals surface area contributed by atoms with Crippen molar-refractivity contribution < 1.29 is 33.0 Å². The Hall–Kier alpha value is -3.33. The minimum absolute atomic E-state index is 0.302. The average molecular weight is 448 g/mol. The zero-order chi connectivity index (χ0) is 24.1. The molecule has 2 aromatic carbocycles. The normalized spacial score (nSPS) is 14.1. The number of hydrogen-bond acceptors (Lipinski definition) is 5. The van der Waals surface area contributed by atoms with Crippen molar-refractivity contribution in [3.05, 3.63) is 71.3 Å². The maximum atomic E-state index is 13.3. The third-order valence-electron chi connectivity index (χ3n) is 4.26. The standard InChI is InChI=1S/C23H26F2N2O5/c1-13(26-21(30)19(28)15-10-16(24)12-17(25)11-15)20(29)27-18(14-8-6-5-7-9-14)22(31)32-23(2,3)4/h5-13,18-19,28H,1-4H3,(H,26,30)(H,27,29)/t13-,18-,19-/m0/s1. The van der Waals surface area contributed by atoms with E-state index in [0.717, 1.165) is 12.1 Å². The molecule has 3 N–H and O–H groups in total. The molecule has 32 heavy (non-hydrogen) atoms. The van der Waals surface area contributed by atoms with Gasteiger partial charge in [-0.1, -0.05) is 30.3 Å². The summed E-state index contributed by atoms with van der Waals surface area (Å²) in [4.78, 5) is 37.6. The van der Waals surface area contributed by atoms with Crippen molar-refractivity contribution in [2.24, 2.45) is 0 Å². The highest BCUT2D eigenvalue weighted by molar-refractivity contribution is 5.92. The molecular formula is C23H26F2N2O5. The van der Waals surface area contributed by atoms with E-state index < -0.39 is 53.2 Å². The molecule has 0 aromatic heterocycles. The number of carbonyl (C=O) groups is 3. The maximum Gasteiger partial charge on any atom is 0.333 e. The maximum absolute atomic E-state index is 13.3. The lowest BCUT2D eigenvalue weighted by molar-refractivity contribution is -0.159. The predicted molar refractivity (Wildman–Crippen MR) is 112 cm³/mol. The Balaban J connectivity index is 2.11. The highest BCUT2D eigenvalue weighted by atomic mass is 19.1. The van der Waals surface area contributed by atoms with Gasteiger partial charge in [-0.25, -0.2) is 13.6 Å². The Morgan fingerprint density at radius 2 is 1.47 bits per heavy atom. The lowest BCUT2D eigenvalue weighted by atomic mass is 10.1. The van der Waals surface area contributed by atoms with Crippen LogP contribution in [0.2, 0.25) is 0 Å². The van der Waals surface area contributed by atoms with E-state index in [0.29, 0.717) is 11.6 Å². The first-order chi connectivity index (χ1) is 14.9. The van der Waals surface area contributed by atoms with E-state index >= 15 is 0 Å². The molecule has 2 amide bonds. The van der Waals surface area contributed by atoms with Crippen molar-refractivity contribution in [2.75, 3.05) is 0 Å². The van der Waals surface area contributed by atoms with Crippen molar-refractivity contribution in [2.45, 2.75) is 51.5 Å². The Morgan fingerprint density at radius 3 is 2.00 bits per heavy atom. The van der Waals surface area contributed by atoms with Gasteiger partial charge in [-0.2, -0.15) is 0 Å². The van der Waals surface area contributed by atoms with Gasteiger partial charge in [0, 0.05) is 6.07 Å². The monoisotopic (exact) mass is 448 g/mol. The molecule has 0 aliphatic rings. The number of amides is 2. The quantitative estimate of drug-likeness (QED) is 0.565. The van der Waals surface area contributed by atoms with Gasteiger partial charge in [0.15, 0.2) is 12.1 Å². The molecule has 2 rings (SSSR count). The molecule has 0 fully saturated rings. The van der Waals surface area contributed by atoms with Crippen LogP contribution in [0.4, 0.5) is 8.78 Å². The molecule has 0 bridgehead atoms. The van der Waals surface area contributed by atoms with E-state index in [1.807, 2.05) is 0 Å². The van der Waals surface area contributed by atoms with Gasteiger partial charge in [0.1, 0.15) is 23.3 Å². The number of aliphatic hydroxyl groups excluding tert-OH is 1. The molecule has 3 atom stereocenters. The van der Waals surface area contributed by atoms with Gasteiger partial charge in [0.25, 0.3) is 5.91 Å². The number of halogens is 2. The topological polar surface area (TPSA) is 105 Å². The van der Waals surface area contributed by atoms with Crippen molar-refractivity contribution in [1.82, 2.24) is 10.6 Å². The number of nitrogens with one attached hydrogen (secondary N) is 2. The molecule has 0 saturated carbocycles. The first kappa shape index (κ1) is 24.9. The number of ether oxygens (including phenoxy) is 1. The average Bonchev–Trinajstić information content (AvgIpc) is 2.69. The highest BCUT2D eigenvalue weighted by Crippen LogP contribution is 2.19. The molecule has 0 unspecified atom stereocenters. The molecule has 7 nitrogen and oxygen atoms in total. The Kier molecular flexibility index (Phi) is 8.04. The van der Waals surface area contributed by atoms with E-state index in [1.54, 1.807) is 51.1 Å². The number of benzene rings is 2. The Bertz CT molecular complexity index is 956. The summed E-state index contributed by atoms with van der Waals surface area (Å²) in [5.41, 5.74) is -0.619. The molecule has 9 heteroatoms. The fourth-order valence-corrected chi connectivity index (χ4v) is 2.79. The summed E-state index contributed by atoms with van der Waals surface area (Å²) in [5, 5.41) is 14.9. The number of carbonyl (C=O) groups excluding carboxylic acids is 3. The second-order valence-electron chi connectivity index (χ2n) is 8.22. The van der Waals surface area contributed by atoms with E-state index in [4.69, 9.17) is 4.74 Å². The van der Waals surface area contributed by atoms with Crippen LogP contribution < -0.4 is 10.6 Å². The van der Waals surface area contributed by atoms with Gasteiger partial charge in [0.2, 0.25) is 5.91 Å². The summed E-state index contributed by atoms with van der Waals surface area (Å²) in [6.07, 6.45) is -1.90. The first-order valence-electron chi connectivity index (χ1n) is 9.90. The van der Waals surface area contributed by atoms with Crippen LogP contribution in [0.25, 0.3) is 0 Å². The molecular weight excluding hydrogens is 422 g/mol. The predicted octanol–water partition coefficient (Wildman–Crippen LogP) is 2.70. The lowest BCUT2D eigenvalue weighted by Crippen LogP contribution is -2.49. The van der Waals surface area contributed by atoms with Gasteiger partial charge in [-0.05, 0) is 51.0 Å². The van der Waals surface area contributed by atoms with Gasteiger partial charge in [-0.15, -0.1) is 0 Å². The zero-order valence-corrected chi connectivity index (χ0v) is 18.2. The molecule has 0 aliphatic heterocycles. The fraction of sp³-hybridized carbons (Fsp3) is 0.348. The smallest absolute Gasteiger partial charge is 0.333 e. The van der Waals surface area contributed by atoms with Crippen molar-refractivity contribution in [3.63, 3.8) is 0 Å². The third kappa shape index (κ3) is 7.12. The van der Waals surface area contributed by atoms with Gasteiger partial charge in [0.05, 0.1) is 0 Å². The largest absolute Gasteiger partial charge is 0.458 e. The number of esters is 1. The zero-order valence-electron chi connectivity index (χ0n) is 18.2. The minimum atomic E-state index is -1.90. The summed E-state index contributed by atoms with van der Waals surface area (Å²) in [5.74, 6) is -4.37.